The lowest BCUT2D eigenvalue weighted by Crippen LogP contribution is -2.52. The van der Waals surface area contributed by atoms with E-state index in [0.717, 1.165) is 30.6 Å². The first kappa shape index (κ1) is 16.3. The number of piperidine rings is 1. The van der Waals surface area contributed by atoms with E-state index in [9.17, 15) is 14.4 Å². The Balaban J connectivity index is 1.60. The maximum atomic E-state index is 12.8. The Morgan fingerprint density at radius 2 is 1.84 bits per heavy atom. The van der Waals surface area contributed by atoms with Gasteiger partial charge in [0.25, 0.3) is 5.91 Å². The molecule has 1 atom stereocenters. The minimum Gasteiger partial charge on any atom is -0.322 e. The summed E-state index contributed by atoms with van der Waals surface area (Å²) in [6, 6.07) is 4.13. The van der Waals surface area contributed by atoms with Crippen molar-refractivity contribution in [3.8, 4) is 0 Å². The van der Waals surface area contributed by atoms with E-state index in [1.165, 1.54) is 11.1 Å². The van der Waals surface area contributed by atoms with Gasteiger partial charge < -0.3 is 4.90 Å². The zero-order valence-electron chi connectivity index (χ0n) is 14.7. The van der Waals surface area contributed by atoms with Crippen molar-refractivity contribution in [3.05, 3.63) is 34.4 Å². The standard InChI is InChI=1S/C19H23N3O3/c1-11(2)21-6-5-12-8-15-14(7-13(12)9-21)10-22(19(15)25)16-3-4-17(23)20-18(16)24/h7-8,11,16H,3-6,9-10H2,1-2H3,(H,20,23,24)/t16-/m1/s1. The monoisotopic (exact) mass is 341 g/mol. The third-order valence-corrected chi connectivity index (χ3v) is 5.62. The van der Waals surface area contributed by atoms with Crippen LogP contribution in [0.5, 0.6) is 0 Å². The zero-order chi connectivity index (χ0) is 17.7. The number of hydrogen-bond donors (Lipinski definition) is 1. The first-order valence-electron chi connectivity index (χ1n) is 8.97. The van der Waals surface area contributed by atoms with Crippen molar-refractivity contribution in [2.24, 2.45) is 0 Å². The molecule has 0 spiro atoms. The van der Waals surface area contributed by atoms with E-state index in [2.05, 4.69) is 30.1 Å². The molecule has 1 fully saturated rings. The third-order valence-electron chi connectivity index (χ3n) is 5.62. The van der Waals surface area contributed by atoms with Crippen LogP contribution in [-0.2, 0) is 29.1 Å². The fraction of sp³-hybridized carbons (Fsp3) is 0.526. The Morgan fingerprint density at radius 1 is 1.04 bits per heavy atom. The summed E-state index contributed by atoms with van der Waals surface area (Å²) >= 11 is 0. The van der Waals surface area contributed by atoms with Crippen molar-refractivity contribution >= 4 is 17.7 Å². The summed E-state index contributed by atoms with van der Waals surface area (Å²) in [7, 11) is 0. The van der Waals surface area contributed by atoms with E-state index < -0.39 is 6.04 Å². The lowest BCUT2D eigenvalue weighted by Gasteiger charge is -2.32. The van der Waals surface area contributed by atoms with Gasteiger partial charge in [-0.15, -0.1) is 0 Å². The summed E-state index contributed by atoms with van der Waals surface area (Å²) < 4.78 is 0. The Labute approximate surface area is 147 Å². The molecule has 0 bridgehead atoms. The number of nitrogens with zero attached hydrogens (tertiary/aromatic N) is 2. The SMILES string of the molecule is CC(C)N1CCc2cc3c(cc2C1)CN([C@@H]1CCC(=O)NC1=O)C3=O. The molecule has 6 nitrogen and oxygen atoms in total. The molecule has 4 rings (SSSR count). The molecule has 0 saturated carbocycles. The lowest BCUT2D eigenvalue weighted by molar-refractivity contribution is -0.136. The highest BCUT2D eigenvalue weighted by molar-refractivity contribution is 6.05. The molecule has 1 aromatic carbocycles. The average Bonchev–Trinajstić information content (AvgIpc) is 2.88. The minimum atomic E-state index is -0.540. The Hall–Kier alpha value is -2.21. The number of benzene rings is 1. The number of hydrogen-bond acceptors (Lipinski definition) is 4. The molecular weight excluding hydrogens is 318 g/mol. The minimum absolute atomic E-state index is 0.0846. The predicted molar refractivity (Wildman–Crippen MR) is 91.7 cm³/mol. The van der Waals surface area contributed by atoms with Crippen molar-refractivity contribution in [2.45, 2.75) is 58.3 Å². The van der Waals surface area contributed by atoms with E-state index in [1.807, 2.05) is 6.07 Å². The topological polar surface area (TPSA) is 69.7 Å². The molecule has 0 aliphatic carbocycles. The zero-order valence-corrected chi connectivity index (χ0v) is 14.7. The van der Waals surface area contributed by atoms with Crippen LogP contribution in [0.15, 0.2) is 12.1 Å². The van der Waals surface area contributed by atoms with Gasteiger partial charge in [-0.05, 0) is 49.4 Å². The molecular formula is C19H23N3O3. The summed E-state index contributed by atoms with van der Waals surface area (Å²) in [5, 5.41) is 2.35. The van der Waals surface area contributed by atoms with Gasteiger partial charge >= 0.3 is 0 Å². The quantitative estimate of drug-likeness (QED) is 0.821. The van der Waals surface area contributed by atoms with E-state index in [4.69, 9.17) is 0 Å². The molecule has 132 valence electrons. The van der Waals surface area contributed by atoms with Gasteiger partial charge in [-0.2, -0.15) is 0 Å². The molecule has 1 aromatic rings. The van der Waals surface area contributed by atoms with Gasteiger partial charge in [0.2, 0.25) is 11.8 Å². The van der Waals surface area contributed by atoms with Crippen LogP contribution in [0.3, 0.4) is 0 Å². The van der Waals surface area contributed by atoms with Gasteiger partial charge in [-0.1, -0.05) is 6.07 Å². The molecule has 25 heavy (non-hydrogen) atoms. The Kier molecular flexibility index (Phi) is 3.87. The van der Waals surface area contributed by atoms with Gasteiger partial charge in [0, 0.05) is 37.7 Å². The summed E-state index contributed by atoms with van der Waals surface area (Å²) in [5.74, 6) is -0.693. The fourth-order valence-electron chi connectivity index (χ4n) is 4.09. The molecule has 1 N–H and O–H groups in total. The summed E-state index contributed by atoms with van der Waals surface area (Å²) in [6.45, 7) is 6.77. The van der Waals surface area contributed by atoms with E-state index >= 15 is 0 Å². The number of imide groups is 1. The molecule has 6 heteroatoms. The maximum absolute atomic E-state index is 12.8. The first-order valence-corrected chi connectivity index (χ1v) is 8.97. The number of amides is 3. The highest BCUT2D eigenvalue weighted by Gasteiger charge is 2.39. The largest absolute Gasteiger partial charge is 0.322 e. The highest BCUT2D eigenvalue weighted by atomic mass is 16.2. The fourth-order valence-corrected chi connectivity index (χ4v) is 4.09. The number of carbonyl (C=O) groups is 3. The number of carbonyl (C=O) groups excluding carboxylic acids is 3. The van der Waals surface area contributed by atoms with Crippen LogP contribution in [0.25, 0.3) is 0 Å². The van der Waals surface area contributed by atoms with Crippen molar-refractivity contribution in [3.63, 3.8) is 0 Å². The molecule has 3 aliphatic heterocycles. The summed E-state index contributed by atoms with van der Waals surface area (Å²) in [5.41, 5.74) is 4.26. The van der Waals surface area contributed by atoms with Crippen LogP contribution in [0.1, 0.15) is 53.7 Å². The van der Waals surface area contributed by atoms with Gasteiger partial charge in [0.1, 0.15) is 6.04 Å². The molecule has 3 amide bonds. The second-order valence-electron chi connectivity index (χ2n) is 7.49. The van der Waals surface area contributed by atoms with Crippen LogP contribution < -0.4 is 5.32 Å². The summed E-state index contributed by atoms with van der Waals surface area (Å²) in [6.07, 6.45) is 1.65. The molecule has 3 heterocycles. The Bertz CT molecular complexity index is 771. The smallest absolute Gasteiger partial charge is 0.255 e. The van der Waals surface area contributed by atoms with Gasteiger partial charge in [-0.25, -0.2) is 0 Å². The molecule has 0 aromatic heterocycles. The number of rotatable bonds is 2. The second kappa shape index (κ2) is 5.95. The van der Waals surface area contributed by atoms with Gasteiger partial charge in [0.05, 0.1) is 0 Å². The number of fused-ring (bicyclic) bond motifs is 2. The van der Waals surface area contributed by atoms with Crippen molar-refractivity contribution in [1.29, 1.82) is 0 Å². The van der Waals surface area contributed by atoms with E-state index in [0.29, 0.717) is 19.0 Å². The third kappa shape index (κ3) is 2.74. The second-order valence-corrected chi connectivity index (χ2v) is 7.49. The van der Waals surface area contributed by atoms with Gasteiger partial charge in [0.15, 0.2) is 0 Å². The lowest BCUT2D eigenvalue weighted by atomic mass is 9.94. The van der Waals surface area contributed by atoms with E-state index in [-0.39, 0.29) is 24.1 Å². The van der Waals surface area contributed by atoms with Crippen molar-refractivity contribution in [1.82, 2.24) is 15.1 Å². The van der Waals surface area contributed by atoms with Crippen LogP contribution in [0.4, 0.5) is 0 Å². The van der Waals surface area contributed by atoms with Gasteiger partial charge in [-0.3, -0.25) is 24.6 Å². The van der Waals surface area contributed by atoms with Crippen LogP contribution in [0, 0.1) is 0 Å². The van der Waals surface area contributed by atoms with Crippen molar-refractivity contribution < 1.29 is 14.4 Å². The van der Waals surface area contributed by atoms with Crippen LogP contribution in [-0.4, -0.2) is 46.1 Å². The molecule has 0 radical (unpaired) electrons. The maximum Gasteiger partial charge on any atom is 0.255 e. The van der Waals surface area contributed by atoms with E-state index in [1.54, 1.807) is 4.90 Å². The predicted octanol–water partition coefficient (Wildman–Crippen LogP) is 1.21. The van der Waals surface area contributed by atoms with Crippen LogP contribution in [0.2, 0.25) is 0 Å². The highest BCUT2D eigenvalue weighted by Crippen LogP contribution is 2.32. The molecule has 3 aliphatic rings. The Morgan fingerprint density at radius 3 is 2.56 bits per heavy atom. The summed E-state index contributed by atoms with van der Waals surface area (Å²) in [4.78, 5) is 40.4. The first-order chi connectivity index (χ1) is 11.9. The van der Waals surface area contributed by atoms with Crippen molar-refractivity contribution in [2.75, 3.05) is 6.54 Å². The average molecular weight is 341 g/mol. The normalized spacial score (nSPS) is 23.7. The number of nitrogens with one attached hydrogen (secondary N) is 1. The molecule has 1 saturated heterocycles. The molecule has 0 unspecified atom stereocenters. The van der Waals surface area contributed by atoms with Crippen LogP contribution >= 0.6 is 0 Å².